The summed E-state index contributed by atoms with van der Waals surface area (Å²) in [6.07, 6.45) is 3.09. The van der Waals surface area contributed by atoms with E-state index in [1.807, 2.05) is 25.7 Å². The van der Waals surface area contributed by atoms with Crippen molar-refractivity contribution in [3.8, 4) is 0 Å². The highest BCUT2D eigenvalue weighted by Crippen LogP contribution is 2.35. The number of anilines is 1. The van der Waals surface area contributed by atoms with Crippen molar-refractivity contribution in [2.75, 3.05) is 11.4 Å². The van der Waals surface area contributed by atoms with E-state index in [4.69, 9.17) is 9.97 Å². The van der Waals surface area contributed by atoms with Crippen molar-refractivity contribution in [3.05, 3.63) is 52.7 Å². The summed E-state index contributed by atoms with van der Waals surface area (Å²) in [4.78, 5) is 38.6. The summed E-state index contributed by atoms with van der Waals surface area (Å²) in [5.74, 6) is 0.911. The molecular formula is C23H27FN4O2. The largest absolute Gasteiger partial charge is 0.332 e. The van der Waals surface area contributed by atoms with Crippen LogP contribution in [0.5, 0.6) is 0 Å². The van der Waals surface area contributed by atoms with Gasteiger partial charge in [-0.2, -0.15) is 0 Å². The molecule has 2 aliphatic rings. The van der Waals surface area contributed by atoms with Gasteiger partial charge >= 0.3 is 0 Å². The van der Waals surface area contributed by atoms with Gasteiger partial charge in [0.15, 0.2) is 5.82 Å². The summed E-state index contributed by atoms with van der Waals surface area (Å²) >= 11 is 0. The number of hydrogen-bond acceptors (Lipinski definition) is 4. The van der Waals surface area contributed by atoms with Gasteiger partial charge in [-0.05, 0) is 43.9 Å². The van der Waals surface area contributed by atoms with E-state index in [1.54, 1.807) is 17.0 Å². The molecule has 30 heavy (non-hydrogen) atoms. The van der Waals surface area contributed by atoms with E-state index in [0.29, 0.717) is 24.7 Å². The molecule has 1 saturated heterocycles. The number of amides is 2. The Morgan fingerprint density at radius 1 is 1.20 bits per heavy atom. The summed E-state index contributed by atoms with van der Waals surface area (Å²) in [7, 11) is 0. The minimum absolute atomic E-state index is 0.0392. The number of carbonyl (C=O) groups is 2. The second-order valence-corrected chi connectivity index (χ2v) is 8.45. The average molecular weight is 410 g/mol. The second-order valence-electron chi connectivity index (χ2n) is 8.45. The van der Waals surface area contributed by atoms with Crippen LogP contribution in [0, 0.1) is 18.7 Å². The van der Waals surface area contributed by atoms with Crippen LogP contribution < -0.4 is 4.90 Å². The van der Waals surface area contributed by atoms with Gasteiger partial charge in [-0.3, -0.25) is 14.5 Å². The fourth-order valence-electron chi connectivity index (χ4n) is 4.28. The third kappa shape index (κ3) is 3.80. The van der Waals surface area contributed by atoms with Crippen LogP contribution in [0.2, 0.25) is 0 Å². The Balaban J connectivity index is 1.68. The first-order valence-corrected chi connectivity index (χ1v) is 10.6. The molecule has 2 aromatic rings. The minimum Gasteiger partial charge on any atom is -0.332 e. The molecule has 0 unspecified atom stereocenters. The van der Waals surface area contributed by atoms with E-state index in [1.165, 1.54) is 12.1 Å². The number of halogens is 1. The van der Waals surface area contributed by atoms with Crippen molar-refractivity contribution in [2.45, 2.75) is 59.0 Å². The summed E-state index contributed by atoms with van der Waals surface area (Å²) in [6, 6.07) is 5.98. The van der Waals surface area contributed by atoms with E-state index >= 15 is 0 Å². The molecule has 2 aliphatic heterocycles. The van der Waals surface area contributed by atoms with Gasteiger partial charge in [0.1, 0.15) is 11.6 Å². The Kier molecular flexibility index (Phi) is 5.54. The highest BCUT2D eigenvalue weighted by atomic mass is 19.1. The standard InChI is InChI=1S/C23H27FN4O2/c1-14(2)23(30)27-11-5-4-6-19(27)21-25-15(3)18-12-20(29)28(22(18)26-21)13-16-7-9-17(24)10-8-16/h7-10,14,19H,4-6,11-13H2,1-3H3/t19-/m0/s1. The van der Waals surface area contributed by atoms with E-state index in [-0.39, 0.29) is 36.0 Å². The first kappa shape index (κ1) is 20.4. The fraction of sp³-hybridized carbons (Fsp3) is 0.478. The van der Waals surface area contributed by atoms with Gasteiger partial charge in [-0.25, -0.2) is 14.4 Å². The molecule has 1 aromatic heterocycles. The van der Waals surface area contributed by atoms with Gasteiger partial charge in [0, 0.05) is 23.7 Å². The molecular weight excluding hydrogens is 383 g/mol. The predicted octanol–water partition coefficient (Wildman–Crippen LogP) is 3.72. The topological polar surface area (TPSA) is 66.4 Å². The Hall–Kier alpha value is -2.83. The van der Waals surface area contributed by atoms with Crippen LogP contribution in [0.3, 0.4) is 0 Å². The van der Waals surface area contributed by atoms with Crippen molar-refractivity contribution in [1.29, 1.82) is 0 Å². The maximum atomic E-state index is 13.3. The molecule has 0 spiro atoms. The first-order chi connectivity index (χ1) is 14.3. The Morgan fingerprint density at radius 3 is 2.63 bits per heavy atom. The number of piperidine rings is 1. The van der Waals surface area contributed by atoms with Gasteiger partial charge in [0.25, 0.3) is 0 Å². The normalized spacial score (nSPS) is 18.8. The maximum absolute atomic E-state index is 13.3. The molecule has 0 radical (unpaired) electrons. The predicted molar refractivity (Wildman–Crippen MR) is 111 cm³/mol. The van der Waals surface area contributed by atoms with Crippen LogP contribution in [0.15, 0.2) is 24.3 Å². The lowest BCUT2D eigenvalue weighted by molar-refractivity contribution is -0.138. The molecule has 158 valence electrons. The van der Waals surface area contributed by atoms with Gasteiger partial charge in [-0.15, -0.1) is 0 Å². The highest BCUT2D eigenvalue weighted by Gasteiger charge is 2.35. The monoisotopic (exact) mass is 410 g/mol. The number of nitrogens with zero attached hydrogens (tertiary/aromatic N) is 4. The molecule has 1 aromatic carbocycles. The molecule has 1 atom stereocenters. The zero-order valence-electron chi connectivity index (χ0n) is 17.7. The molecule has 0 saturated carbocycles. The molecule has 0 bridgehead atoms. The first-order valence-electron chi connectivity index (χ1n) is 10.6. The highest BCUT2D eigenvalue weighted by molar-refractivity contribution is 6.00. The Bertz CT molecular complexity index is 974. The average Bonchev–Trinajstić information content (AvgIpc) is 3.05. The van der Waals surface area contributed by atoms with Gasteiger partial charge in [-0.1, -0.05) is 26.0 Å². The summed E-state index contributed by atoms with van der Waals surface area (Å²) in [5.41, 5.74) is 2.46. The van der Waals surface area contributed by atoms with E-state index < -0.39 is 0 Å². The SMILES string of the molecule is Cc1nc([C@@H]2CCCCN2C(=O)C(C)C)nc2c1CC(=O)N2Cc1ccc(F)cc1. The molecule has 3 heterocycles. The Labute approximate surface area is 176 Å². The van der Waals surface area contributed by atoms with Crippen molar-refractivity contribution >= 4 is 17.6 Å². The van der Waals surface area contributed by atoms with Crippen LogP contribution in [0.25, 0.3) is 0 Å². The van der Waals surface area contributed by atoms with Crippen LogP contribution in [0.4, 0.5) is 10.2 Å². The lowest BCUT2D eigenvalue weighted by atomic mass is 9.99. The summed E-state index contributed by atoms with van der Waals surface area (Å²) < 4.78 is 13.3. The third-order valence-electron chi connectivity index (χ3n) is 5.93. The molecule has 1 fully saturated rings. The molecule has 0 aliphatic carbocycles. The van der Waals surface area contributed by atoms with Crippen molar-refractivity contribution in [2.24, 2.45) is 5.92 Å². The zero-order chi connectivity index (χ0) is 21.4. The van der Waals surface area contributed by atoms with Crippen LogP contribution in [0.1, 0.15) is 61.8 Å². The summed E-state index contributed by atoms with van der Waals surface area (Å²) in [5, 5.41) is 0. The van der Waals surface area contributed by atoms with Gasteiger partial charge < -0.3 is 4.90 Å². The number of aromatic nitrogens is 2. The molecule has 0 N–H and O–H groups in total. The fourth-order valence-corrected chi connectivity index (χ4v) is 4.28. The number of aryl methyl sites for hydroxylation is 1. The second kappa shape index (κ2) is 8.13. The zero-order valence-corrected chi connectivity index (χ0v) is 17.7. The Morgan fingerprint density at radius 2 is 1.93 bits per heavy atom. The van der Waals surface area contributed by atoms with Crippen LogP contribution in [-0.4, -0.2) is 33.2 Å². The minimum atomic E-state index is -0.306. The van der Waals surface area contributed by atoms with Crippen molar-refractivity contribution < 1.29 is 14.0 Å². The third-order valence-corrected chi connectivity index (χ3v) is 5.93. The molecule has 4 rings (SSSR count). The van der Waals surface area contributed by atoms with Gasteiger partial charge in [0.2, 0.25) is 11.8 Å². The van der Waals surface area contributed by atoms with E-state index in [2.05, 4.69) is 0 Å². The molecule has 2 amide bonds. The number of rotatable bonds is 4. The van der Waals surface area contributed by atoms with Crippen molar-refractivity contribution in [3.63, 3.8) is 0 Å². The van der Waals surface area contributed by atoms with E-state index in [9.17, 15) is 14.0 Å². The quantitative estimate of drug-likeness (QED) is 0.771. The lowest BCUT2D eigenvalue weighted by Crippen LogP contribution is -2.41. The maximum Gasteiger partial charge on any atom is 0.233 e. The number of fused-ring (bicyclic) bond motifs is 1. The van der Waals surface area contributed by atoms with E-state index in [0.717, 1.165) is 36.1 Å². The van der Waals surface area contributed by atoms with Crippen molar-refractivity contribution in [1.82, 2.24) is 14.9 Å². The van der Waals surface area contributed by atoms with Crippen LogP contribution in [-0.2, 0) is 22.6 Å². The number of likely N-dealkylation sites (tertiary alicyclic amines) is 1. The smallest absolute Gasteiger partial charge is 0.233 e. The van der Waals surface area contributed by atoms with Crippen LogP contribution >= 0.6 is 0 Å². The number of hydrogen-bond donors (Lipinski definition) is 0. The lowest BCUT2D eigenvalue weighted by Gasteiger charge is -2.36. The summed E-state index contributed by atoms with van der Waals surface area (Å²) in [6.45, 7) is 6.76. The number of benzene rings is 1. The number of carbonyl (C=O) groups excluding carboxylic acids is 2. The molecule has 6 nitrogen and oxygen atoms in total. The molecule has 7 heteroatoms. The van der Waals surface area contributed by atoms with Gasteiger partial charge in [0.05, 0.1) is 19.0 Å².